The van der Waals surface area contributed by atoms with Gasteiger partial charge in [-0.1, -0.05) is 60.7 Å². The van der Waals surface area contributed by atoms with E-state index >= 15 is 0 Å². The molecule has 40 heavy (non-hydrogen) atoms. The van der Waals surface area contributed by atoms with Gasteiger partial charge in [-0.2, -0.15) is 10.3 Å². The predicted molar refractivity (Wildman–Crippen MR) is 158 cm³/mol. The van der Waals surface area contributed by atoms with E-state index in [4.69, 9.17) is 10.5 Å². The van der Waals surface area contributed by atoms with Gasteiger partial charge in [0.15, 0.2) is 0 Å². The highest BCUT2D eigenvalue weighted by Crippen LogP contribution is 2.56. The van der Waals surface area contributed by atoms with Crippen molar-refractivity contribution in [3.8, 4) is 0 Å². The number of aromatic nitrogens is 4. The van der Waals surface area contributed by atoms with E-state index in [1.807, 2.05) is 6.07 Å². The Morgan fingerprint density at radius 2 is 1.68 bits per heavy atom. The molecule has 3 aliphatic carbocycles. The molecule has 208 valence electrons. The minimum atomic E-state index is 0.151. The summed E-state index contributed by atoms with van der Waals surface area (Å²) in [5.41, 5.74) is 12.2. The smallest absolute Gasteiger partial charge is 0.203 e. The quantitative estimate of drug-likeness (QED) is 0.273. The second-order valence-corrected chi connectivity index (χ2v) is 12.3. The molecule has 7 nitrogen and oxygen atoms in total. The fraction of sp³-hybridized carbons (Fsp3) is 0.485. The van der Waals surface area contributed by atoms with Crippen LogP contribution in [0.2, 0.25) is 0 Å². The van der Waals surface area contributed by atoms with Gasteiger partial charge in [0.25, 0.3) is 0 Å². The number of rotatable bonds is 9. The summed E-state index contributed by atoms with van der Waals surface area (Å²) in [4.78, 5) is 7.26. The zero-order valence-electron chi connectivity index (χ0n) is 23.3. The summed E-state index contributed by atoms with van der Waals surface area (Å²) in [6.45, 7) is 2.94. The van der Waals surface area contributed by atoms with Crippen molar-refractivity contribution < 1.29 is 4.74 Å². The Morgan fingerprint density at radius 3 is 2.38 bits per heavy atom. The Bertz CT molecular complexity index is 1410. The summed E-state index contributed by atoms with van der Waals surface area (Å²) in [6.07, 6.45) is 11.3. The molecular formula is C33H40N6O. The third-order valence-corrected chi connectivity index (χ3v) is 10.3. The van der Waals surface area contributed by atoms with Crippen molar-refractivity contribution in [1.29, 1.82) is 0 Å². The van der Waals surface area contributed by atoms with Gasteiger partial charge in [-0.15, -0.1) is 5.10 Å². The number of hydrogen-bond donors (Lipinski definition) is 2. The van der Waals surface area contributed by atoms with Crippen LogP contribution in [0.15, 0.2) is 66.7 Å². The number of ether oxygens (including phenoxy) is 1. The summed E-state index contributed by atoms with van der Waals surface area (Å²) < 4.78 is 6.22. The average molecular weight is 537 g/mol. The Kier molecular flexibility index (Phi) is 6.80. The molecule has 0 amide bonds. The molecule has 3 heterocycles. The lowest BCUT2D eigenvalue weighted by atomic mass is 9.54. The van der Waals surface area contributed by atoms with Crippen molar-refractivity contribution in [2.24, 2.45) is 0 Å². The summed E-state index contributed by atoms with van der Waals surface area (Å²) >= 11 is 0. The number of nitrogens with one attached hydrogen (secondary N) is 1. The summed E-state index contributed by atoms with van der Waals surface area (Å²) in [5, 5.41) is 11.5. The van der Waals surface area contributed by atoms with Crippen LogP contribution in [0.3, 0.4) is 0 Å². The lowest BCUT2D eigenvalue weighted by molar-refractivity contribution is -0.0494. The SMILES string of the molecule is Nc1cc(C(CCN(CC2CCCO2)C23CCC(c4ccccc4)(CC2)CC3)c2ccccc2)c2n[nH]nc2n1. The van der Waals surface area contributed by atoms with E-state index in [0.29, 0.717) is 23.0 Å². The van der Waals surface area contributed by atoms with Gasteiger partial charge >= 0.3 is 0 Å². The van der Waals surface area contributed by atoms with Gasteiger partial charge in [0.2, 0.25) is 5.65 Å². The molecule has 4 fully saturated rings. The van der Waals surface area contributed by atoms with Crippen molar-refractivity contribution in [1.82, 2.24) is 25.3 Å². The Balaban J connectivity index is 1.18. The molecule has 3 saturated carbocycles. The maximum Gasteiger partial charge on any atom is 0.203 e. The Labute approximate surface area is 236 Å². The molecule has 2 bridgehead atoms. The molecule has 0 radical (unpaired) electrons. The normalized spacial score (nSPS) is 27.0. The van der Waals surface area contributed by atoms with Gasteiger partial charge in [-0.25, -0.2) is 4.98 Å². The van der Waals surface area contributed by atoms with Crippen LogP contribution in [0.4, 0.5) is 5.82 Å². The third-order valence-electron chi connectivity index (χ3n) is 10.3. The number of nitrogens with zero attached hydrogens (tertiary/aromatic N) is 4. The lowest BCUT2D eigenvalue weighted by Crippen LogP contribution is -2.59. The highest BCUT2D eigenvalue weighted by Gasteiger charge is 2.52. The number of pyridine rings is 1. The molecule has 1 aliphatic heterocycles. The van der Waals surface area contributed by atoms with E-state index in [0.717, 1.165) is 37.2 Å². The number of aromatic amines is 1. The largest absolute Gasteiger partial charge is 0.384 e. The highest BCUT2D eigenvalue weighted by molar-refractivity contribution is 5.77. The first-order chi connectivity index (χ1) is 19.6. The van der Waals surface area contributed by atoms with Crippen LogP contribution in [-0.2, 0) is 10.2 Å². The number of benzene rings is 2. The van der Waals surface area contributed by atoms with Gasteiger partial charge in [-0.05, 0) is 92.5 Å². The zero-order valence-corrected chi connectivity index (χ0v) is 23.3. The van der Waals surface area contributed by atoms with E-state index in [1.165, 1.54) is 56.9 Å². The van der Waals surface area contributed by atoms with Crippen molar-refractivity contribution in [2.75, 3.05) is 25.4 Å². The number of nitrogen functional groups attached to an aromatic ring is 1. The van der Waals surface area contributed by atoms with Crippen LogP contribution in [0.5, 0.6) is 0 Å². The molecule has 7 heteroatoms. The van der Waals surface area contributed by atoms with Gasteiger partial charge in [-0.3, -0.25) is 4.90 Å². The average Bonchev–Trinajstić information content (AvgIpc) is 3.71. The standard InChI is InChI=1S/C33H40N6O/c34-29-22-28(30-31(35-29)37-38-36-30)27(24-8-3-1-4-9-24)13-20-39(23-26-12-7-21-40-26)33-17-14-32(15-18-33,16-19-33)25-10-5-2-6-11-25/h1-6,8-11,22,26-27H,7,12-21,23H2,(H3,34,35,36,37,38). The fourth-order valence-electron chi connectivity index (χ4n) is 8.04. The first kappa shape index (κ1) is 25.7. The van der Waals surface area contributed by atoms with Gasteiger partial charge in [0.05, 0.1) is 6.10 Å². The van der Waals surface area contributed by atoms with Gasteiger partial charge < -0.3 is 10.5 Å². The first-order valence-electron chi connectivity index (χ1n) is 15.1. The lowest BCUT2D eigenvalue weighted by Gasteiger charge is -2.58. The molecule has 2 atom stereocenters. The molecule has 2 unspecified atom stereocenters. The van der Waals surface area contributed by atoms with Gasteiger partial charge in [0.1, 0.15) is 11.3 Å². The minimum absolute atomic E-state index is 0.151. The van der Waals surface area contributed by atoms with Crippen LogP contribution in [0.1, 0.15) is 80.4 Å². The molecule has 3 N–H and O–H groups in total. The second kappa shape index (κ2) is 10.6. The maximum atomic E-state index is 6.27. The fourth-order valence-corrected chi connectivity index (χ4v) is 8.04. The molecule has 1 saturated heterocycles. The Hall–Kier alpha value is -3.29. The topological polar surface area (TPSA) is 92.9 Å². The van der Waals surface area contributed by atoms with Crippen molar-refractivity contribution in [3.05, 3.63) is 83.4 Å². The second-order valence-electron chi connectivity index (χ2n) is 12.3. The maximum absolute atomic E-state index is 6.27. The molecule has 2 aromatic carbocycles. The molecular weight excluding hydrogens is 496 g/mol. The molecule has 8 rings (SSSR count). The number of nitrogens with two attached hydrogens (primary N) is 1. The van der Waals surface area contributed by atoms with Crippen LogP contribution in [0, 0.1) is 0 Å². The molecule has 2 aromatic heterocycles. The molecule has 4 aromatic rings. The highest BCUT2D eigenvalue weighted by atomic mass is 16.5. The van der Waals surface area contributed by atoms with Crippen LogP contribution < -0.4 is 5.73 Å². The number of fused-ring (bicyclic) bond motifs is 4. The summed E-state index contributed by atoms with van der Waals surface area (Å²) in [7, 11) is 0. The van der Waals surface area contributed by atoms with Crippen molar-refractivity contribution in [3.63, 3.8) is 0 Å². The van der Waals surface area contributed by atoms with E-state index < -0.39 is 0 Å². The molecule has 4 aliphatic rings. The first-order valence-corrected chi connectivity index (χ1v) is 15.1. The van der Waals surface area contributed by atoms with Crippen LogP contribution in [0.25, 0.3) is 11.2 Å². The van der Waals surface area contributed by atoms with Crippen LogP contribution in [-0.4, -0.2) is 56.6 Å². The number of H-pyrrole nitrogens is 1. The van der Waals surface area contributed by atoms with E-state index in [-0.39, 0.29) is 11.5 Å². The van der Waals surface area contributed by atoms with E-state index in [1.54, 1.807) is 5.56 Å². The van der Waals surface area contributed by atoms with Crippen LogP contribution >= 0.6 is 0 Å². The van der Waals surface area contributed by atoms with Gasteiger partial charge in [0, 0.05) is 24.6 Å². The van der Waals surface area contributed by atoms with E-state index in [9.17, 15) is 0 Å². The summed E-state index contributed by atoms with van der Waals surface area (Å²) in [5.74, 6) is 0.641. The number of hydrogen-bond acceptors (Lipinski definition) is 6. The Morgan fingerprint density at radius 1 is 0.950 bits per heavy atom. The van der Waals surface area contributed by atoms with Crippen molar-refractivity contribution in [2.45, 2.75) is 80.8 Å². The predicted octanol–water partition coefficient (Wildman–Crippen LogP) is 5.98. The zero-order chi connectivity index (χ0) is 27.0. The molecule has 0 spiro atoms. The number of anilines is 1. The monoisotopic (exact) mass is 536 g/mol. The third kappa shape index (κ3) is 4.69. The minimum Gasteiger partial charge on any atom is -0.384 e. The van der Waals surface area contributed by atoms with Crippen molar-refractivity contribution >= 4 is 17.0 Å². The summed E-state index contributed by atoms with van der Waals surface area (Å²) in [6, 6.07) is 24.1. The van der Waals surface area contributed by atoms with E-state index in [2.05, 4.69) is 86.0 Å².